The van der Waals surface area contributed by atoms with Crippen LogP contribution in [0.25, 0.3) is 0 Å². The molecular weight excluding hydrogens is 168 g/mol. The Bertz CT molecular complexity index is 325. The van der Waals surface area contributed by atoms with Crippen LogP contribution in [0, 0.1) is 5.92 Å². The highest BCUT2D eigenvalue weighted by Gasteiger charge is 2.05. The van der Waals surface area contributed by atoms with Crippen molar-refractivity contribution in [2.45, 2.75) is 26.7 Å². The average molecular weight is 182 g/mol. The fourth-order valence-corrected chi connectivity index (χ4v) is 1.07. The van der Waals surface area contributed by atoms with Crippen LogP contribution in [0.3, 0.4) is 0 Å². The van der Waals surface area contributed by atoms with Crippen LogP contribution < -0.4 is 5.43 Å². The van der Waals surface area contributed by atoms with Crippen LogP contribution in [-0.2, 0) is 6.42 Å². The predicted octanol–water partition coefficient (Wildman–Crippen LogP) is 1.93. The smallest absolute Gasteiger partial charge is 0.229 e. The van der Waals surface area contributed by atoms with E-state index in [-0.39, 0.29) is 11.2 Å². The largest absolute Gasteiger partial charge is 0.502 e. The zero-order valence-corrected chi connectivity index (χ0v) is 7.91. The molecule has 0 unspecified atom stereocenters. The molecule has 1 aromatic rings. The lowest BCUT2D eigenvalue weighted by Gasteiger charge is -2.02. The summed E-state index contributed by atoms with van der Waals surface area (Å²) in [5.41, 5.74) is 0.237. The van der Waals surface area contributed by atoms with Gasteiger partial charge in [-0.1, -0.05) is 13.8 Å². The third-order valence-corrected chi connectivity index (χ3v) is 1.91. The van der Waals surface area contributed by atoms with Crippen molar-refractivity contribution in [3.63, 3.8) is 0 Å². The van der Waals surface area contributed by atoms with E-state index in [1.54, 1.807) is 0 Å². The molecule has 1 rings (SSSR count). The summed E-state index contributed by atoms with van der Waals surface area (Å²) in [6.45, 7) is 4.18. The first-order valence-electron chi connectivity index (χ1n) is 4.39. The van der Waals surface area contributed by atoms with Crippen LogP contribution in [0.2, 0.25) is 0 Å². The van der Waals surface area contributed by atoms with Gasteiger partial charge in [0, 0.05) is 5.56 Å². The molecule has 0 amide bonds. The third-order valence-electron chi connectivity index (χ3n) is 1.91. The summed E-state index contributed by atoms with van der Waals surface area (Å²) >= 11 is 0. The van der Waals surface area contributed by atoms with E-state index in [1.807, 2.05) is 0 Å². The number of hydrogen-bond donors (Lipinski definition) is 1. The minimum absolute atomic E-state index is 0.304. The van der Waals surface area contributed by atoms with Crippen LogP contribution in [0.1, 0.15) is 25.8 Å². The molecule has 0 aliphatic rings. The Kier molecular flexibility index (Phi) is 3.12. The lowest BCUT2D eigenvalue weighted by molar-refractivity contribution is 0.424. The van der Waals surface area contributed by atoms with Crippen LogP contribution in [0.4, 0.5) is 0 Å². The molecule has 3 nitrogen and oxygen atoms in total. The molecule has 1 aromatic heterocycles. The van der Waals surface area contributed by atoms with E-state index in [1.165, 1.54) is 6.26 Å². The summed E-state index contributed by atoms with van der Waals surface area (Å²) in [7, 11) is 0. The lowest BCUT2D eigenvalue weighted by atomic mass is 10.0. The summed E-state index contributed by atoms with van der Waals surface area (Å²) in [6, 6.07) is 0. The van der Waals surface area contributed by atoms with Gasteiger partial charge in [-0.25, -0.2) is 0 Å². The van der Waals surface area contributed by atoms with Gasteiger partial charge in [0.1, 0.15) is 6.26 Å². The predicted molar refractivity (Wildman–Crippen MR) is 49.8 cm³/mol. The Balaban J connectivity index is 2.78. The molecule has 0 saturated carbocycles. The molecule has 3 heteroatoms. The van der Waals surface area contributed by atoms with E-state index in [0.29, 0.717) is 17.9 Å². The third kappa shape index (κ3) is 2.61. The van der Waals surface area contributed by atoms with Gasteiger partial charge >= 0.3 is 0 Å². The zero-order valence-electron chi connectivity index (χ0n) is 7.91. The zero-order chi connectivity index (χ0) is 9.84. The maximum absolute atomic E-state index is 11.3. The second kappa shape index (κ2) is 4.12. The number of rotatable bonds is 3. The Labute approximate surface area is 77.0 Å². The van der Waals surface area contributed by atoms with Gasteiger partial charge in [0.15, 0.2) is 5.75 Å². The molecule has 0 bridgehead atoms. The Morgan fingerprint density at radius 2 is 2.15 bits per heavy atom. The van der Waals surface area contributed by atoms with E-state index < -0.39 is 0 Å². The monoisotopic (exact) mass is 182 g/mol. The average Bonchev–Trinajstić information content (AvgIpc) is 2.07. The second-order valence-electron chi connectivity index (χ2n) is 3.54. The highest BCUT2D eigenvalue weighted by atomic mass is 16.3. The topological polar surface area (TPSA) is 50.4 Å². The van der Waals surface area contributed by atoms with Crippen LogP contribution in [-0.4, -0.2) is 5.11 Å². The molecule has 0 atom stereocenters. The van der Waals surface area contributed by atoms with Crippen LogP contribution in [0.15, 0.2) is 21.7 Å². The first-order valence-corrected chi connectivity index (χ1v) is 4.39. The van der Waals surface area contributed by atoms with E-state index in [0.717, 1.165) is 12.7 Å². The second-order valence-corrected chi connectivity index (χ2v) is 3.54. The highest BCUT2D eigenvalue weighted by molar-refractivity contribution is 5.20. The number of aromatic hydroxyl groups is 1. The number of hydrogen-bond acceptors (Lipinski definition) is 3. The molecule has 0 spiro atoms. The highest BCUT2D eigenvalue weighted by Crippen LogP contribution is 2.08. The van der Waals surface area contributed by atoms with Gasteiger partial charge in [0.2, 0.25) is 5.43 Å². The van der Waals surface area contributed by atoms with Crippen molar-refractivity contribution in [2.75, 3.05) is 0 Å². The van der Waals surface area contributed by atoms with Gasteiger partial charge in [-0.05, 0) is 18.8 Å². The Morgan fingerprint density at radius 3 is 2.77 bits per heavy atom. The van der Waals surface area contributed by atoms with Crippen molar-refractivity contribution in [2.24, 2.45) is 5.92 Å². The van der Waals surface area contributed by atoms with Gasteiger partial charge in [0.05, 0.1) is 6.26 Å². The van der Waals surface area contributed by atoms with E-state index in [4.69, 9.17) is 9.52 Å². The first-order chi connectivity index (χ1) is 6.11. The maximum atomic E-state index is 11.3. The summed E-state index contributed by atoms with van der Waals surface area (Å²) in [5.74, 6) is 0.239. The van der Waals surface area contributed by atoms with Crippen molar-refractivity contribution < 1.29 is 9.52 Å². The molecule has 1 N–H and O–H groups in total. The van der Waals surface area contributed by atoms with Crippen LogP contribution >= 0.6 is 0 Å². The first kappa shape index (κ1) is 9.84. The Hall–Kier alpha value is -1.25. The SMILES string of the molecule is CC(C)CCc1cocc(O)c1=O. The summed E-state index contributed by atoms with van der Waals surface area (Å²) in [4.78, 5) is 11.3. The quantitative estimate of drug-likeness (QED) is 0.777. The summed E-state index contributed by atoms with van der Waals surface area (Å²) < 4.78 is 4.80. The van der Waals surface area contributed by atoms with Gasteiger partial charge < -0.3 is 9.52 Å². The molecule has 0 fully saturated rings. The lowest BCUT2D eigenvalue weighted by Crippen LogP contribution is -2.08. The molecule has 1 heterocycles. The summed E-state index contributed by atoms with van der Waals surface area (Å²) in [5, 5.41) is 9.06. The molecule has 0 radical (unpaired) electrons. The van der Waals surface area contributed by atoms with E-state index in [9.17, 15) is 4.79 Å². The van der Waals surface area contributed by atoms with Crippen molar-refractivity contribution in [3.05, 3.63) is 28.3 Å². The van der Waals surface area contributed by atoms with Gasteiger partial charge in [0.25, 0.3) is 0 Å². The van der Waals surface area contributed by atoms with Crippen molar-refractivity contribution in [3.8, 4) is 5.75 Å². The standard InChI is InChI=1S/C10H14O3/c1-7(2)3-4-8-5-13-6-9(11)10(8)12/h5-7,11H,3-4H2,1-2H3. The van der Waals surface area contributed by atoms with E-state index in [2.05, 4.69) is 13.8 Å². The van der Waals surface area contributed by atoms with Crippen molar-refractivity contribution in [1.82, 2.24) is 0 Å². The number of aryl methyl sites for hydroxylation is 1. The Morgan fingerprint density at radius 1 is 1.46 bits per heavy atom. The van der Waals surface area contributed by atoms with Crippen molar-refractivity contribution in [1.29, 1.82) is 0 Å². The molecule has 72 valence electrons. The molecule has 0 saturated heterocycles. The molecule has 13 heavy (non-hydrogen) atoms. The van der Waals surface area contributed by atoms with Gasteiger partial charge in [-0.3, -0.25) is 4.79 Å². The minimum atomic E-state index is -0.313. The maximum Gasteiger partial charge on any atom is 0.229 e. The molecule has 0 aromatic carbocycles. The van der Waals surface area contributed by atoms with Crippen LogP contribution in [0.5, 0.6) is 5.75 Å². The molecular formula is C10H14O3. The summed E-state index contributed by atoms with van der Waals surface area (Å²) in [6.07, 6.45) is 4.05. The van der Waals surface area contributed by atoms with Crippen molar-refractivity contribution >= 4 is 0 Å². The van der Waals surface area contributed by atoms with Gasteiger partial charge in [-0.15, -0.1) is 0 Å². The normalized spacial score (nSPS) is 10.7. The molecule has 0 aliphatic heterocycles. The minimum Gasteiger partial charge on any atom is -0.502 e. The molecule has 0 aliphatic carbocycles. The van der Waals surface area contributed by atoms with Gasteiger partial charge in [-0.2, -0.15) is 0 Å². The fraction of sp³-hybridized carbons (Fsp3) is 0.500. The fourth-order valence-electron chi connectivity index (χ4n) is 1.07. The van der Waals surface area contributed by atoms with E-state index >= 15 is 0 Å².